The van der Waals surface area contributed by atoms with Gasteiger partial charge in [0.25, 0.3) is 5.88 Å². The lowest BCUT2D eigenvalue weighted by Gasteiger charge is -2.18. The molecule has 0 unspecified atom stereocenters. The van der Waals surface area contributed by atoms with Crippen LogP contribution in [0.3, 0.4) is 0 Å². The van der Waals surface area contributed by atoms with Gasteiger partial charge in [-0.2, -0.15) is 0 Å². The Morgan fingerprint density at radius 3 is 2.21 bits per heavy atom. The predicted molar refractivity (Wildman–Crippen MR) is 110 cm³/mol. The number of nitrogens with zero attached hydrogens (tertiary/aromatic N) is 2. The Morgan fingerprint density at radius 1 is 1.00 bits per heavy atom. The minimum absolute atomic E-state index is 0.293. The van der Waals surface area contributed by atoms with Gasteiger partial charge in [-0.25, -0.2) is 9.97 Å². The zero-order chi connectivity index (χ0) is 20.5. The molecular weight excluding hydrogens is 361 g/mol. The van der Waals surface area contributed by atoms with E-state index in [-0.39, 0.29) is 0 Å². The third-order valence-electron chi connectivity index (χ3n) is 4.49. The third-order valence-corrected chi connectivity index (χ3v) is 4.49. The number of aromatic nitrogens is 2. The molecular formula is C21H30FN3O3. The molecule has 28 heavy (non-hydrogen) atoms. The SMILES string of the molecule is CCCCCNc1nc(C)c(-c2c(OC)cc(CCF)cc2OC)nc1OC. The minimum Gasteiger partial charge on any atom is -0.496 e. The van der Waals surface area contributed by atoms with Crippen LogP contribution in [0.1, 0.15) is 37.4 Å². The molecule has 0 saturated carbocycles. The summed E-state index contributed by atoms with van der Waals surface area (Å²) in [6.07, 6.45) is 3.65. The molecule has 0 atom stereocenters. The number of ether oxygens (including phenoxy) is 3. The Hall–Kier alpha value is -2.57. The van der Waals surface area contributed by atoms with Crippen molar-refractivity contribution in [2.24, 2.45) is 0 Å². The summed E-state index contributed by atoms with van der Waals surface area (Å²) in [6.45, 7) is 4.41. The summed E-state index contributed by atoms with van der Waals surface area (Å²) in [6, 6.07) is 3.61. The molecule has 0 saturated heterocycles. The van der Waals surface area contributed by atoms with Crippen molar-refractivity contribution in [2.75, 3.05) is 39.9 Å². The van der Waals surface area contributed by atoms with E-state index in [0.29, 0.717) is 46.6 Å². The van der Waals surface area contributed by atoms with Crippen LogP contribution in [0.2, 0.25) is 0 Å². The molecule has 0 radical (unpaired) electrons. The number of nitrogens with one attached hydrogen (secondary N) is 1. The highest BCUT2D eigenvalue weighted by atomic mass is 19.1. The number of unbranched alkanes of at least 4 members (excludes halogenated alkanes) is 2. The molecule has 1 heterocycles. The van der Waals surface area contributed by atoms with Crippen molar-refractivity contribution in [3.05, 3.63) is 23.4 Å². The first-order chi connectivity index (χ1) is 13.6. The van der Waals surface area contributed by atoms with Crippen LogP contribution in [-0.2, 0) is 6.42 Å². The summed E-state index contributed by atoms with van der Waals surface area (Å²) in [4.78, 5) is 9.33. The Bertz CT molecular complexity index is 759. The molecule has 6 nitrogen and oxygen atoms in total. The van der Waals surface area contributed by atoms with Crippen molar-refractivity contribution in [3.8, 4) is 28.6 Å². The Morgan fingerprint density at radius 2 is 1.68 bits per heavy atom. The molecule has 1 aromatic carbocycles. The summed E-state index contributed by atoms with van der Waals surface area (Å²) in [7, 11) is 4.71. The van der Waals surface area contributed by atoms with Crippen LogP contribution in [0.5, 0.6) is 17.4 Å². The molecule has 1 aromatic heterocycles. The highest BCUT2D eigenvalue weighted by molar-refractivity contribution is 5.77. The Labute approximate surface area is 166 Å². The van der Waals surface area contributed by atoms with Gasteiger partial charge >= 0.3 is 0 Å². The van der Waals surface area contributed by atoms with Crippen molar-refractivity contribution in [2.45, 2.75) is 39.5 Å². The van der Waals surface area contributed by atoms with Gasteiger partial charge in [0, 0.05) is 13.0 Å². The van der Waals surface area contributed by atoms with E-state index < -0.39 is 6.67 Å². The van der Waals surface area contributed by atoms with Crippen molar-refractivity contribution in [1.82, 2.24) is 9.97 Å². The van der Waals surface area contributed by atoms with E-state index in [1.165, 1.54) is 0 Å². The molecule has 0 aliphatic carbocycles. The lowest BCUT2D eigenvalue weighted by atomic mass is 10.0. The van der Waals surface area contributed by atoms with Crippen LogP contribution >= 0.6 is 0 Å². The zero-order valence-electron chi connectivity index (χ0n) is 17.4. The molecule has 0 fully saturated rings. The number of hydrogen-bond acceptors (Lipinski definition) is 6. The number of hydrogen-bond donors (Lipinski definition) is 1. The van der Waals surface area contributed by atoms with Crippen LogP contribution in [0, 0.1) is 6.92 Å². The topological polar surface area (TPSA) is 65.5 Å². The van der Waals surface area contributed by atoms with Crippen molar-refractivity contribution in [1.29, 1.82) is 0 Å². The summed E-state index contributed by atoms with van der Waals surface area (Å²) in [5.74, 6) is 2.15. The van der Waals surface area contributed by atoms with Gasteiger partial charge in [0.1, 0.15) is 17.2 Å². The van der Waals surface area contributed by atoms with Gasteiger partial charge in [-0.3, -0.25) is 4.39 Å². The zero-order valence-corrected chi connectivity index (χ0v) is 17.4. The molecule has 2 aromatic rings. The maximum Gasteiger partial charge on any atom is 0.257 e. The van der Waals surface area contributed by atoms with Gasteiger partial charge < -0.3 is 19.5 Å². The molecule has 154 valence electrons. The third kappa shape index (κ3) is 5.03. The van der Waals surface area contributed by atoms with Crippen LogP contribution in [0.25, 0.3) is 11.3 Å². The molecule has 0 aliphatic heterocycles. The maximum absolute atomic E-state index is 12.8. The highest BCUT2D eigenvalue weighted by Crippen LogP contribution is 2.41. The van der Waals surface area contributed by atoms with Crippen molar-refractivity contribution < 1.29 is 18.6 Å². The van der Waals surface area contributed by atoms with Gasteiger partial charge in [-0.15, -0.1) is 0 Å². The fraction of sp³-hybridized carbons (Fsp3) is 0.524. The molecule has 0 amide bonds. The fourth-order valence-electron chi connectivity index (χ4n) is 3.03. The smallest absolute Gasteiger partial charge is 0.257 e. The van der Waals surface area contributed by atoms with Gasteiger partial charge in [-0.05, 0) is 31.0 Å². The van der Waals surface area contributed by atoms with E-state index in [2.05, 4.69) is 22.2 Å². The fourth-order valence-corrected chi connectivity index (χ4v) is 3.03. The number of aryl methyl sites for hydroxylation is 2. The second-order valence-electron chi connectivity index (χ2n) is 6.46. The lowest BCUT2D eigenvalue weighted by molar-refractivity contribution is 0.391. The first-order valence-electron chi connectivity index (χ1n) is 9.57. The second kappa shape index (κ2) is 10.7. The highest BCUT2D eigenvalue weighted by Gasteiger charge is 2.21. The maximum atomic E-state index is 12.8. The number of methoxy groups -OCH3 is 3. The molecule has 0 bridgehead atoms. The number of benzene rings is 1. The quantitative estimate of drug-likeness (QED) is 0.565. The van der Waals surface area contributed by atoms with Gasteiger partial charge in [0.2, 0.25) is 0 Å². The summed E-state index contributed by atoms with van der Waals surface area (Å²) in [5.41, 5.74) is 2.80. The van der Waals surface area contributed by atoms with Crippen LogP contribution in [0.15, 0.2) is 12.1 Å². The standard InChI is InChI=1S/C21H30FN3O3/c1-6-7-8-11-23-20-21(28-5)25-19(14(2)24-20)18-16(26-3)12-15(9-10-22)13-17(18)27-4/h12-13H,6-11H2,1-5H3,(H,23,24). The van der Waals surface area contributed by atoms with Crippen LogP contribution in [-0.4, -0.2) is 44.5 Å². The average Bonchev–Trinajstić information content (AvgIpc) is 2.71. The minimum atomic E-state index is -0.448. The molecule has 7 heteroatoms. The number of rotatable bonds is 11. The van der Waals surface area contributed by atoms with Crippen molar-refractivity contribution >= 4 is 5.82 Å². The summed E-state index contributed by atoms with van der Waals surface area (Å²) in [5, 5.41) is 3.30. The molecule has 0 spiro atoms. The van der Waals surface area contributed by atoms with E-state index in [1.54, 1.807) is 21.3 Å². The van der Waals surface area contributed by atoms with E-state index in [9.17, 15) is 4.39 Å². The van der Waals surface area contributed by atoms with E-state index in [4.69, 9.17) is 14.2 Å². The number of halogens is 1. The first-order valence-corrected chi connectivity index (χ1v) is 9.57. The second-order valence-corrected chi connectivity index (χ2v) is 6.46. The van der Waals surface area contributed by atoms with Crippen molar-refractivity contribution in [3.63, 3.8) is 0 Å². The Kier molecular flexibility index (Phi) is 8.29. The summed E-state index contributed by atoms with van der Waals surface area (Å²) < 4.78 is 29.4. The van der Waals surface area contributed by atoms with Gasteiger partial charge in [0.15, 0.2) is 5.82 Å². The molecule has 0 aliphatic rings. The average molecular weight is 391 g/mol. The molecule has 2 rings (SSSR count). The largest absolute Gasteiger partial charge is 0.496 e. The van der Waals surface area contributed by atoms with Gasteiger partial charge in [0.05, 0.1) is 39.3 Å². The van der Waals surface area contributed by atoms with Crippen LogP contribution in [0.4, 0.5) is 10.2 Å². The number of anilines is 1. The van der Waals surface area contributed by atoms with Gasteiger partial charge in [-0.1, -0.05) is 19.8 Å². The monoisotopic (exact) mass is 391 g/mol. The Balaban J connectivity index is 2.49. The first kappa shape index (κ1) is 21.7. The lowest BCUT2D eigenvalue weighted by Crippen LogP contribution is -2.09. The predicted octanol–water partition coefficient (Wildman–Crippen LogP) is 4.59. The van der Waals surface area contributed by atoms with E-state index in [1.807, 2.05) is 19.1 Å². The van der Waals surface area contributed by atoms with E-state index in [0.717, 1.165) is 31.4 Å². The van der Waals surface area contributed by atoms with Crippen LogP contribution < -0.4 is 19.5 Å². The summed E-state index contributed by atoms with van der Waals surface area (Å²) >= 11 is 0. The molecule has 1 N–H and O–H groups in total. The van der Waals surface area contributed by atoms with E-state index >= 15 is 0 Å². The number of alkyl halides is 1. The normalized spacial score (nSPS) is 10.6.